The van der Waals surface area contributed by atoms with Crippen molar-refractivity contribution in [3.05, 3.63) is 66.1 Å². The van der Waals surface area contributed by atoms with E-state index in [-0.39, 0.29) is 5.92 Å². The average molecular weight is 392 g/mol. The summed E-state index contributed by atoms with van der Waals surface area (Å²) in [6.45, 7) is 2.80. The SMILES string of the molecule is Cn1cncc1CN1CCC[C@H](c2nccnc2Oc2ccc(C(N)=O)cc2)C1. The van der Waals surface area contributed by atoms with Crippen LogP contribution in [0.3, 0.4) is 0 Å². The number of hydrogen-bond acceptors (Lipinski definition) is 6. The summed E-state index contributed by atoms with van der Waals surface area (Å²) in [5.41, 5.74) is 7.79. The van der Waals surface area contributed by atoms with Crippen molar-refractivity contribution in [1.29, 1.82) is 0 Å². The second kappa shape index (κ2) is 8.40. The van der Waals surface area contributed by atoms with E-state index in [9.17, 15) is 4.79 Å². The van der Waals surface area contributed by atoms with Gasteiger partial charge in [0.05, 0.1) is 12.0 Å². The van der Waals surface area contributed by atoms with E-state index in [0.29, 0.717) is 17.2 Å². The predicted octanol–water partition coefficient (Wildman–Crippen LogP) is 2.48. The first-order chi connectivity index (χ1) is 14.1. The van der Waals surface area contributed by atoms with Crippen LogP contribution in [0.15, 0.2) is 49.2 Å². The van der Waals surface area contributed by atoms with Gasteiger partial charge in [-0.3, -0.25) is 14.7 Å². The lowest BCUT2D eigenvalue weighted by Crippen LogP contribution is -2.34. The van der Waals surface area contributed by atoms with Crippen LogP contribution >= 0.6 is 0 Å². The minimum absolute atomic E-state index is 0.241. The molecular weight excluding hydrogens is 368 g/mol. The summed E-state index contributed by atoms with van der Waals surface area (Å²) < 4.78 is 8.05. The minimum atomic E-state index is -0.465. The molecule has 1 aromatic carbocycles. The predicted molar refractivity (Wildman–Crippen MR) is 108 cm³/mol. The maximum absolute atomic E-state index is 11.2. The molecule has 0 unspecified atom stereocenters. The number of aromatic nitrogens is 4. The molecule has 1 aliphatic heterocycles. The summed E-state index contributed by atoms with van der Waals surface area (Å²) in [6.07, 6.45) is 9.21. The number of piperidine rings is 1. The smallest absolute Gasteiger partial charge is 0.248 e. The highest BCUT2D eigenvalue weighted by molar-refractivity contribution is 5.92. The van der Waals surface area contributed by atoms with Crippen LogP contribution in [0.1, 0.15) is 40.5 Å². The van der Waals surface area contributed by atoms with Gasteiger partial charge in [-0.1, -0.05) is 0 Å². The largest absolute Gasteiger partial charge is 0.437 e. The number of nitrogens with zero attached hydrogens (tertiary/aromatic N) is 5. The summed E-state index contributed by atoms with van der Waals surface area (Å²) in [4.78, 5) is 26.9. The van der Waals surface area contributed by atoms with E-state index in [1.165, 1.54) is 5.69 Å². The molecule has 0 saturated carbocycles. The summed E-state index contributed by atoms with van der Waals surface area (Å²) >= 11 is 0. The fraction of sp³-hybridized carbons (Fsp3) is 0.333. The molecule has 3 aromatic rings. The average Bonchev–Trinajstić information content (AvgIpc) is 3.13. The maximum Gasteiger partial charge on any atom is 0.248 e. The molecule has 0 spiro atoms. The van der Waals surface area contributed by atoms with Crippen LogP contribution in [0, 0.1) is 0 Å². The van der Waals surface area contributed by atoms with Crippen molar-refractivity contribution >= 4 is 5.91 Å². The zero-order valence-electron chi connectivity index (χ0n) is 16.4. The van der Waals surface area contributed by atoms with Crippen LogP contribution < -0.4 is 10.5 Å². The van der Waals surface area contributed by atoms with Gasteiger partial charge in [-0.25, -0.2) is 9.97 Å². The van der Waals surface area contributed by atoms with Gasteiger partial charge in [0, 0.05) is 50.2 Å². The molecule has 8 nitrogen and oxygen atoms in total. The Kier molecular flexibility index (Phi) is 5.53. The van der Waals surface area contributed by atoms with Crippen LogP contribution in [0.25, 0.3) is 0 Å². The molecule has 3 heterocycles. The van der Waals surface area contributed by atoms with Crippen molar-refractivity contribution in [2.45, 2.75) is 25.3 Å². The molecule has 0 aliphatic carbocycles. The van der Waals surface area contributed by atoms with Gasteiger partial charge in [0.1, 0.15) is 11.4 Å². The third-order valence-electron chi connectivity index (χ3n) is 5.24. The highest BCUT2D eigenvalue weighted by Gasteiger charge is 2.26. The Labute approximate surface area is 169 Å². The van der Waals surface area contributed by atoms with E-state index in [1.807, 2.05) is 19.6 Å². The number of rotatable bonds is 6. The van der Waals surface area contributed by atoms with Crippen molar-refractivity contribution in [2.75, 3.05) is 13.1 Å². The van der Waals surface area contributed by atoms with E-state index >= 15 is 0 Å². The number of likely N-dealkylation sites (tertiary alicyclic amines) is 1. The van der Waals surface area contributed by atoms with E-state index < -0.39 is 5.91 Å². The molecule has 4 rings (SSSR count). The molecule has 2 aromatic heterocycles. The lowest BCUT2D eigenvalue weighted by atomic mass is 9.94. The Balaban J connectivity index is 1.49. The van der Waals surface area contributed by atoms with E-state index in [4.69, 9.17) is 10.5 Å². The second-order valence-electron chi connectivity index (χ2n) is 7.31. The molecule has 29 heavy (non-hydrogen) atoms. The lowest BCUT2D eigenvalue weighted by molar-refractivity contribution is 0.100. The fourth-order valence-electron chi connectivity index (χ4n) is 3.68. The molecule has 1 saturated heterocycles. The van der Waals surface area contributed by atoms with Gasteiger partial charge in [0.2, 0.25) is 11.8 Å². The number of nitrogens with two attached hydrogens (primary N) is 1. The zero-order valence-corrected chi connectivity index (χ0v) is 16.4. The summed E-state index contributed by atoms with van der Waals surface area (Å²) in [5, 5.41) is 0. The van der Waals surface area contributed by atoms with Crippen molar-refractivity contribution in [1.82, 2.24) is 24.4 Å². The molecule has 2 N–H and O–H groups in total. The molecule has 1 atom stereocenters. The van der Waals surface area contributed by atoms with E-state index in [0.717, 1.165) is 38.2 Å². The first kappa shape index (κ1) is 19.1. The number of ether oxygens (including phenoxy) is 1. The zero-order chi connectivity index (χ0) is 20.2. The van der Waals surface area contributed by atoms with Crippen molar-refractivity contribution in [3.8, 4) is 11.6 Å². The molecule has 0 bridgehead atoms. The Bertz CT molecular complexity index is 985. The molecule has 150 valence electrons. The van der Waals surface area contributed by atoms with E-state index in [2.05, 4.69) is 24.4 Å². The maximum atomic E-state index is 11.2. The normalized spacial score (nSPS) is 17.2. The number of imidazole rings is 1. The Morgan fingerprint density at radius 3 is 2.76 bits per heavy atom. The van der Waals surface area contributed by atoms with Crippen molar-refractivity contribution < 1.29 is 9.53 Å². The van der Waals surface area contributed by atoms with Gasteiger partial charge in [0.15, 0.2) is 0 Å². The number of benzene rings is 1. The van der Waals surface area contributed by atoms with Crippen LogP contribution in [0.2, 0.25) is 0 Å². The first-order valence-electron chi connectivity index (χ1n) is 9.66. The minimum Gasteiger partial charge on any atom is -0.437 e. The molecule has 1 fully saturated rings. The third kappa shape index (κ3) is 4.43. The standard InChI is InChI=1S/C21H24N6O2/c1-26-14-23-11-17(26)13-27-10-2-3-16(12-27)19-21(25-9-8-24-19)29-18-6-4-15(5-7-18)20(22)28/h4-9,11,14,16H,2-3,10,12-13H2,1H3,(H2,22,28)/t16-/m0/s1. The van der Waals surface area contributed by atoms with Crippen molar-refractivity contribution in [3.63, 3.8) is 0 Å². The number of primary amides is 1. The number of carbonyl (C=O) groups is 1. The van der Waals surface area contributed by atoms with Gasteiger partial charge in [-0.15, -0.1) is 0 Å². The monoisotopic (exact) mass is 392 g/mol. The fourth-order valence-corrected chi connectivity index (χ4v) is 3.68. The van der Waals surface area contributed by atoms with Gasteiger partial charge in [-0.2, -0.15) is 0 Å². The second-order valence-corrected chi connectivity index (χ2v) is 7.31. The van der Waals surface area contributed by atoms with Gasteiger partial charge >= 0.3 is 0 Å². The Morgan fingerprint density at radius 2 is 2.03 bits per heavy atom. The first-order valence-corrected chi connectivity index (χ1v) is 9.66. The van der Waals surface area contributed by atoms with E-state index in [1.54, 1.807) is 36.7 Å². The number of hydrogen-bond donors (Lipinski definition) is 1. The molecule has 1 amide bonds. The number of carbonyl (C=O) groups excluding carboxylic acids is 1. The van der Waals surface area contributed by atoms with Gasteiger partial charge < -0.3 is 15.0 Å². The highest BCUT2D eigenvalue weighted by atomic mass is 16.5. The summed E-state index contributed by atoms with van der Waals surface area (Å²) in [5.74, 6) is 0.879. The van der Waals surface area contributed by atoms with Crippen molar-refractivity contribution in [2.24, 2.45) is 12.8 Å². The van der Waals surface area contributed by atoms with Crippen LogP contribution in [-0.4, -0.2) is 43.4 Å². The van der Waals surface area contributed by atoms with Crippen LogP contribution in [0.5, 0.6) is 11.6 Å². The molecule has 0 radical (unpaired) electrons. The highest BCUT2D eigenvalue weighted by Crippen LogP contribution is 2.33. The number of aryl methyl sites for hydroxylation is 1. The van der Waals surface area contributed by atoms with Gasteiger partial charge in [-0.05, 0) is 43.7 Å². The Morgan fingerprint density at radius 1 is 1.24 bits per heavy atom. The summed E-state index contributed by atoms with van der Waals surface area (Å²) in [7, 11) is 2.02. The summed E-state index contributed by atoms with van der Waals surface area (Å²) in [6, 6.07) is 6.72. The van der Waals surface area contributed by atoms with Crippen LogP contribution in [0.4, 0.5) is 0 Å². The molecule has 1 aliphatic rings. The Hall–Kier alpha value is -3.26. The molecule has 8 heteroatoms. The third-order valence-corrected chi connectivity index (χ3v) is 5.24. The lowest BCUT2D eigenvalue weighted by Gasteiger charge is -2.32. The quantitative estimate of drug-likeness (QED) is 0.692. The number of amides is 1. The topological polar surface area (TPSA) is 99.2 Å². The van der Waals surface area contributed by atoms with Gasteiger partial charge in [0.25, 0.3) is 0 Å². The molecular formula is C21H24N6O2. The van der Waals surface area contributed by atoms with Crippen LogP contribution in [-0.2, 0) is 13.6 Å².